The molecule has 4 rings (SSSR count). The zero-order chi connectivity index (χ0) is 18.1. The van der Waals surface area contributed by atoms with E-state index in [0.717, 1.165) is 36.4 Å². The molecule has 4 heterocycles. The lowest BCUT2D eigenvalue weighted by atomic mass is 9.92. The average molecular weight is 358 g/mol. The lowest BCUT2D eigenvalue weighted by molar-refractivity contribution is 0.192. The highest BCUT2D eigenvalue weighted by Gasteiger charge is 2.40. The maximum atomic E-state index is 4.57. The summed E-state index contributed by atoms with van der Waals surface area (Å²) in [6.45, 7) is 16.7. The minimum atomic E-state index is 0.0819. The second kappa shape index (κ2) is 7.43. The fraction of sp³-hybridized carbons (Fsp3) is 0.810. The third kappa shape index (κ3) is 4.04. The van der Waals surface area contributed by atoms with Crippen molar-refractivity contribution in [3.05, 3.63) is 18.1 Å². The van der Waals surface area contributed by atoms with Crippen LogP contribution in [-0.4, -0.2) is 72.1 Å². The van der Waals surface area contributed by atoms with E-state index in [1.165, 1.54) is 58.5 Å². The number of hydrogen-bond acceptors (Lipinski definition) is 5. The number of likely N-dealkylation sites (tertiary alicyclic amines) is 2. The van der Waals surface area contributed by atoms with Crippen molar-refractivity contribution in [1.82, 2.24) is 19.8 Å². The third-order valence-corrected chi connectivity index (χ3v) is 6.49. The first-order valence-corrected chi connectivity index (χ1v) is 10.5. The molecule has 0 bridgehead atoms. The molecule has 5 nitrogen and oxygen atoms in total. The van der Waals surface area contributed by atoms with Crippen LogP contribution >= 0.6 is 0 Å². The van der Waals surface area contributed by atoms with Gasteiger partial charge in [0, 0.05) is 50.7 Å². The molecule has 144 valence electrons. The van der Waals surface area contributed by atoms with E-state index in [0.29, 0.717) is 0 Å². The molecule has 0 aliphatic carbocycles. The van der Waals surface area contributed by atoms with Gasteiger partial charge in [0.05, 0.1) is 5.69 Å². The van der Waals surface area contributed by atoms with Crippen molar-refractivity contribution in [2.75, 3.05) is 57.3 Å². The van der Waals surface area contributed by atoms with Gasteiger partial charge in [0.15, 0.2) is 0 Å². The lowest BCUT2D eigenvalue weighted by Gasteiger charge is -2.29. The molecular formula is C21H35N5. The Balaban J connectivity index is 1.29. The number of fused-ring (bicyclic) bond motifs is 1. The summed E-state index contributed by atoms with van der Waals surface area (Å²) >= 11 is 0. The minimum absolute atomic E-state index is 0.0819. The second-order valence-electron chi connectivity index (χ2n) is 9.60. The standard InChI is InChI=1S/C21H35N5/c1-21(2,3)19-11-20(23-16-22-19)26-14-17-12-25(13-18(17)15-26)10-9-24-7-5-4-6-8-24/h11,16-18H,4-10,12-15H2,1-3H3. The predicted molar refractivity (Wildman–Crippen MR) is 107 cm³/mol. The first-order chi connectivity index (χ1) is 12.5. The number of aromatic nitrogens is 2. The number of nitrogens with zero attached hydrogens (tertiary/aromatic N) is 5. The molecule has 1 aromatic rings. The molecule has 1 aromatic heterocycles. The molecule has 2 atom stereocenters. The van der Waals surface area contributed by atoms with Gasteiger partial charge in [-0.1, -0.05) is 27.2 Å². The van der Waals surface area contributed by atoms with Gasteiger partial charge in [0.1, 0.15) is 12.1 Å². The minimum Gasteiger partial charge on any atom is -0.356 e. The molecule has 5 heteroatoms. The summed E-state index contributed by atoms with van der Waals surface area (Å²) in [4.78, 5) is 16.9. The van der Waals surface area contributed by atoms with Crippen molar-refractivity contribution < 1.29 is 0 Å². The van der Waals surface area contributed by atoms with Gasteiger partial charge in [-0.15, -0.1) is 0 Å². The molecule has 0 saturated carbocycles. The van der Waals surface area contributed by atoms with Crippen LogP contribution in [0.3, 0.4) is 0 Å². The molecule has 3 saturated heterocycles. The fourth-order valence-electron chi connectivity index (χ4n) is 4.86. The van der Waals surface area contributed by atoms with E-state index in [1.807, 2.05) is 0 Å². The van der Waals surface area contributed by atoms with Crippen molar-refractivity contribution in [2.24, 2.45) is 11.8 Å². The molecule has 0 radical (unpaired) electrons. The Labute approximate surface area is 158 Å². The van der Waals surface area contributed by atoms with Gasteiger partial charge < -0.3 is 14.7 Å². The summed E-state index contributed by atoms with van der Waals surface area (Å²) in [7, 11) is 0. The van der Waals surface area contributed by atoms with Gasteiger partial charge in [-0.3, -0.25) is 0 Å². The second-order valence-corrected chi connectivity index (χ2v) is 9.60. The highest BCUT2D eigenvalue weighted by molar-refractivity contribution is 5.42. The van der Waals surface area contributed by atoms with Crippen molar-refractivity contribution in [1.29, 1.82) is 0 Å². The van der Waals surface area contributed by atoms with E-state index < -0.39 is 0 Å². The molecule has 26 heavy (non-hydrogen) atoms. The van der Waals surface area contributed by atoms with E-state index in [1.54, 1.807) is 6.33 Å². The summed E-state index contributed by atoms with van der Waals surface area (Å²) in [5.74, 6) is 2.74. The summed E-state index contributed by atoms with van der Waals surface area (Å²) < 4.78 is 0. The Morgan fingerprint density at radius 2 is 1.54 bits per heavy atom. The molecule has 2 unspecified atom stereocenters. The first-order valence-electron chi connectivity index (χ1n) is 10.5. The third-order valence-electron chi connectivity index (χ3n) is 6.49. The van der Waals surface area contributed by atoms with Crippen molar-refractivity contribution in [3.8, 4) is 0 Å². The van der Waals surface area contributed by atoms with E-state index in [4.69, 9.17) is 0 Å². The summed E-state index contributed by atoms with van der Waals surface area (Å²) in [6, 6.07) is 2.20. The Morgan fingerprint density at radius 3 is 2.19 bits per heavy atom. The van der Waals surface area contributed by atoms with Gasteiger partial charge in [0.2, 0.25) is 0 Å². The summed E-state index contributed by atoms with van der Waals surface area (Å²) in [5.41, 5.74) is 1.22. The molecule has 3 aliphatic heterocycles. The zero-order valence-corrected chi connectivity index (χ0v) is 16.8. The zero-order valence-electron chi connectivity index (χ0n) is 16.8. The van der Waals surface area contributed by atoms with E-state index in [2.05, 4.69) is 51.5 Å². The highest BCUT2D eigenvalue weighted by atomic mass is 15.3. The quantitative estimate of drug-likeness (QED) is 0.828. The number of anilines is 1. The average Bonchev–Trinajstić information content (AvgIpc) is 3.19. The van der Waals surface area contributed by atoms with Crippen LogP contribution in [0.25, 0.3) is 0 Å². The van der Waals surface area contributed by atoms with Gasteiger partial charge in [-0.05, 0) is 37.8 Å². The fourth-order valence-corrected chi connectivity index (χ4v) is 4.86. The van der Waals surface area contributed by atoms with Gasteiger partial charge >= 0.3 is 0 Å². The lowest BCUT2D eigenvalue weighted by Crippen LogP contribution is -2.38. The largest absolute Gasteiger partial charge is 0.356 e. The molecule has 3 fully saturated rings. The Morgan fingerprint density at radius 1 is 0.885 bits per heavy atom. The maximum absolute atomic E-state index is 4.57. The van der Waals surface area contributed by atoms with Crippen LogP contribution in [0.4, 0.5) is 5.82 Å². The molecule has 3 aliphatic rings. The Bertz CT molecular complexity index is 591. The SMILES string of the molecule is CC(C)(C)c1cc(N2CC3CN(CCN4CCCCC4)CC3C2)ncn1. The summed E-state index contributed by atoms with van der Waals surface area (Å²) in [5, 5.41) is 0. The first kappa shape index (κ1) is 18.2. The van der Waals surface area contributed by atoms with E-state index in [-0.39, 0.29) is 5.41 Å². The Kier molecular flexibility index (Phi) is 5.20. The van der Waals surface area contributed by atoms with Crippen LogP contribution in [0.1, 0.15) is 45.7 Å². The molecule has 0 N–H and O–H groups in total. The van der Waals surface area contributed by atoms with Crippen LogP contribution in [0.5, 0.6) is 0 Å². The van der Waals surface area contributed by atoms with Crippen LogP contribution in [0.15, 0.2) is 12.4 Å². The highest BCUT2D eigenvalue weighted by Crippen LogP contribution is 2.34. The summed E-state index contributed by atoms with van der Waals surface area (Å²) in [6.07, 6.45) is 5.97. The molecule has 0 amide bonds. The molecule has 0 spiro atoms. The maximum Gasteiger partial charge on any atom is 0.132 e. The number of rotatable bonds is 4. The Hall–Kier alpha value is -1.20. The molecular weight excluding hydrogens is 322 g/mol. The van der Waals surface area contributed by atoms with Crippen molar-refractivity contribution in [3.63, 3.8) is 0 Å². The number of piperidine rings is 1. The molecule has 0 aromatic carbocycles. The van der Waals surface area contributed by atoms with Crippen LogP contribution in [0, 0.1) is 11.8 Å². The monoisotopic (exact) mass is 357 g/mol. The normalized spacial score (nSPS) is 27.9. The van der Waals surface area contributed by atoms with Crippen LogP contribution < -0.4 is 4.90 Å². The van der Waals surface area contributed by atoms with Gasteiger partial charge in [-0.25, -0.2) is 9.97 Å². The van der Waals surface area contributed by atoms with Gasteiger partial charge in [0.25, 0.3) is 0 Å². The van der Waals surface area contributed by atoms with E-state index in [9.17, 15) is 0 Å². The smallest absolute Gasteiger partial charge is 0.132 e. The predicted octanol–water partition coefficient (Wildman–Crippen LogP) is 2.63. The topological polar surface area (TPSA) is 35.5 Å². The van der Waals surface area contributed by atoms with Crippen LogP contribution in [0.2, 0.25) is 0 Å². The van der Waals surface area contributed by atoms with Crippen molar-refractivity contribution >= 4 is 5.82 Å². The van der Waals surface area contributed by atoms with E-state index >= 15 is 0 Å². The number of hydrogen-bond donors (Lipinski definition) is 0. The van der Waals surface area contributed by atoms with Crippen LogP contribution in [-0.2, 0) is 5.41 Å². The van der Waals surface area contributed by atoms with Crippen molar-refractivity contribution in [2.45, 2.75) is 45.4 Å². The van der Waals surface area contributed by atoms with Gasteiger partial charge in [-0.2, -0.15) is 0 Å².